The van der Waals surface area contributed by atoms with E-state index in [-0.39, 0.29) is 5.41 Å². The van der Waals surface area contributed by atoms with Gasteiger partial charge in [0.05, 0.1) is 0 Å². The third-order valence-corrected chi connectivity index (χ3v) is 5.96. The Kier molecular flexibility index (Phi) is 4.34. The molecule has 2 heteroatoms. The van der Waals surface area contributed by atoms with Gasteiger partial charge in [-0.2, -0.15) is 0 Å². The van der Waals surface area contributed by atoms with Gasteiger partial charge in [-0.15, -0.1) is 0 Å². The summed E-state index contributed by atoms with van der Waals surface area (Å²) in [5, 5.41) is 4.63. The lowest BCUT2D eigenvalue weighted by Gasteiger charge is -2.59. The minimum absolute atomic E-state index is 0.264. The zero-order chi connectivity index (χ0) is 14.9. The van der Waals surface area contributed by atoms with Crippen LogP contribution in [0.15, 0.2) is 24.3 Å². The molecule has 1 N–H and O–H groups in total. The molecule has 3 rings (SSSR count). The van der Waals surface area contributed by atoms with Gasteiger partial charge in [0.15, 0.2) is 0 Å². The Hall–Kier alpha value is -0.530. The predicted octanol–water partition coefficient (Wildman–Crippen LogP) is 5.32. The van der Waals surface area contributed by atoms with E-state index in [1.54, 1.807) is 0 Å². The number of hydrogen-bond acceptors (Lipinski definition) is 1. The number of nitrogens with one attached hydrogen (secondary N) is 1. The van der Waals surface area contributed by atoms with Crippen LogP contribution in [0.4, 0.5) is 0 Å². The number of halogens is 1. The highest BCUT2D eigenvalue weighted by Gasteiger charge is 2.55. The number of benzene rings is 1. The van der Waals surface area contributed by atoms with Gasteiger partial charge in [0.25, 0.3) is 0 Å². The maximum Gasteiger partial charge on any atom is 0.0444 e. The van der Waals surface area contributed by atoms with Crippen molar-refractivity contribution < 1.29 is 0 Å². The van der Waals surface area contributed by atoms with Crippen molar-refractivity contribution >= 4 is 11.6 Å². The molecule has 0 heterocycles. The summed E-state index contributed by atoms with van der Waals surface area (Å²) in [6.45, 7) is 5.53. The fourth-order valence-corrected chi connectivity index (χ4v) is 5.08. The van der Waals surface area contributed by atoms with Crippen molar-refractivity contribution in [1.29, 1.82) is 0 Å². The van der Waals surface area contributed by atoms with Crippen LogP contribution in [0.3, 0.4) is 0 Å². The molecule has 116 valence electrons. The van der Waals surface area contributed by atoms with E-state index in [0.29, 0.717) is 11.5 Å². The Morgan fingerprint density at radius 1 is 1.10 bits per heavy atom. The Balaban J connectivity index is 1.82. The number of rotatable bonds is 4. The Labute approximate surface area is 134 Å². The van der Waals surface area contributed by atoms with E-state index in [0.717, 1.165) is 11.6 Å². The molecule has 2 fully saturated rings. The summed E-state index contributed by atoms with van der Waals surface area (Å²) < 4.78 is 0. The third-order valence-electron chi connectivity index (χ3n) is 5.63. The van der Waals surface area contributed by atoms with Crippen LogP contribution in [0.25, 0.3) is 0 Å². The molecule has 0 aromatic heterocycles. The van der Waals surface area contributed by atoms with E-state index in [4.69, 9.17) is 11.6 Å². The van der Waals surface area contributed by atoms with E-state index in [9.17, 15) is 0 Å². The molecule has 1 spiro atoms. The maximum atomic E-state index is 6.54. The Bertz CT molecular complexity index is 480. The lowest BCUT2D eigenvalue weighted by atomic mass is 9.46. The molecule has 0 unspecified atom stereocenters. The summed E-state index contributed by atoms with van der Waals surface area (Å²) in [4.78, 5) is 0. The molecule has 2 aliphatic carbocycles. The van der Waals surface area contributed by atoms with Gasteiger partial charge in [-0.25, -0.2) is 0 Å². The van der Waals surface area contributed by atoms with E-state index in [1.807, 2.05) is 6.07 Å². The number of hydrogen-bond donors (Lipinski definition) is 1. The van der Waals surface area contributed by atoms with Gasteiger partial charge in [0.2, 0.25) is 0 Å². The molecular formula is C19H28ClN. The highest BCUT2D eigenvalue weighted by atomic mass is 35.5. The van der Waals surface area contributed by atoms with E-state index in [1.165, 1.54) is 50.5 Å². The summed E-state index contributed by atoms with van der Waals surface area (Å²) in [6.07, 6.45) is 9.80. The average molecular weight is 306 g/mol. The Morgan fingerprint density at radius 3 is 2.38 bits per heavy atom. The maximum absolute atomic E-state index is 6.54. The van der Waals surface area contributed by atoms with Crippen LogP contribution in [0, 0.1) is 5.41 Å². The zero-order valence-electron chi connectivity index (χ0n) is 13.4. The summed E-state index contributed by atoms with van der Waals surface area (Å²) >= 11 is 6.54. The van der Waals surface area contributed by atoms with Gasteiger partial charge in [0, 0.05) is 23.0 Å². The first-order valence-electron chi connectivity index (χ1n) is 8.54. The molecule has 21 heavy (non-hydrogen) atoms. The zero-order valence-corrected chi connectivity index (χ0v) is 14.2. The van der Waals surface area contributed by atoms with Crippen LogP contribution in [0.2, 0.25) is 5.02 Å². The predicted molar refractivity (Wildman–Crippen MR) is 91.0 cm³/mol. The lowest BCUT2D eigenvalue weighted by Crippen LogP contribution is -2.56. The van der Waals surface area contributed by atoms with Gasteiger partial charge < -0.3 is 5.32 Å². The molecular weight excluding hydrogens is 278 g/mol. The smallest absolute Gasteiger partial charge is 0.0444 e. The molecule has 0 amide bonds. The Morgan fingerprint density at radius 2 is 1.76 bits per heavy atom. The molecule has 2 saturated carbocycles. The second-order valence-electron chi connectivity index (χ2n) is 7.71. The van der Waals surface area contributed by atoms with Crippen LogP contribution < -0.4 is 5.32 Å². The highest BCUT2D eigenvalue weighted by Crippen LogP contribution is 2.62. The van der Waals surface area contributed by atoms with Gasteiger partial charge in [-0.3, -0.25) is 0 Å². The molecule has 0 radical (unpaired) electrons. The standard InChI is InChI=1S/C19H28ClN/c1-15(2)21-14-19(16-8-4-5-9-17(16)20)12-18(13-19)10-6-3-7-11-18/h4-5,8-9,15,21H,3,6-7,10-14H2,1-2H3. The molecule has 1 nitrogen and oxygen atoms in total. The fraction of sp³-hybridized carbons (Fsp3) is 0.684. The summed E-state index contributed by atoms with van der Waals surface area (Å²) in [5.41, 5.74) is 2.26. The van der Waals surface area contributed by atoms with Gasteiger partial charge in [-0.05, 0) is 42.7 Å². The topological polar surface area (TPSA) is 12.0 Å². The first kappa shape index (κ1) is 15.4. The third kappa shape index (κ3) is 3.00. The molecule has 2 aliphatic rings. The quantitative estimate of drug-likeness (QED) is 0.794. The van der Waals surface area contributed by atoms with Crippen LogP contribution in [0.5, 0.6) is 0 Å². The normalized spacial score (nSPS) is 23.2. The monoisotopic (exact) mass is 305 g/mol. The molecule has 0 atom stereocenters. The first-order chi connectivity index (χ1) is 10.1. The SMILES string of the molecule is CC(C)NCC1(c2ccccc2Cl)CC2(CCCCC2)C1. The summed E-state index contributed by atoms with van der Waals surface area (Å²) in [5.74, 6) is 0. The van der Waals surface area contributed by atoms with E-state index in [2.05, 4.69) is 37.4 Å². The summed E-state index contributed by atoms with van der Waals surface area (Å²) in [6, 6.07) is 9.03. The minimum atomic E-state index is 0.264. The van der Waals surface area contributed by atoms with Crippen molar-refractivity contribution in [2.45, 2.75) is 70.3 Å². The minimum Gasteiger partial charge on any atom is -0.314 e. The van der Waals surface area contributed by atoms with Crippen molar-refractivity contribution in [3.05, 3.63) is 34.9 Å². The van der Waals surface area contributed by atoms with Crippen molar-refractivity contribution in [2.75, 3.05) is 6.54 Å². The molecule has 1 aromatic rings. The molecule has 0 aliphatic heterocycles. The van der Waals surface area contributed by atoms with Crippen LogP contribution in [0.1, 0.15) is 64.4 Å². The van der Waals surface area contributed by atoms with Crippen LogP contribution in [-0.2, 0) is 5.41 Å². The highest BCUT2D eigenvalue weighted by molar-refractivity contribution is 6.31. The van der Waals surface area contributed by atoms with Crippen molar-refractivity contribution in [3.63, 3.8) is 0 Å². The van der Waals surface area contributed by atoms with E-state index < -0.39 is 0 Å². The van der Waals surface area contributed by atoms with Crippen molar-refractivity contribution in [2.24, 2.45) is 5.41 Å². The van der Waals surface area contributed by atoms with Crippen LogP contribution >= 0.6 is 11.6 Å². The van der Waals surface area contributed by atoms with Gasteiger partial charge in [0.1, 0.15) is 0 Å². The van der Waals surface area contributed by atoms with Crippen molar-refractivity contribution in [3.8, 4) is 0 Å². The average Bonchev–Trinajstić information content (AvgIpc) is 2.44. The van der Waals surface area contributed by atoms with Gasteiger partial charge >= 0.3 is 0 Å². The molecule has 1 aromatic carbocycles. The molecule has 0 bridgehead atoms. The van der Waals surface area contributed by atoms with E-state index >= 15 is 0 Å². The van der Waals surface area contributed by atoms with Gasteiger partial charge in [-0.1, -0.05) is 62.9 Å². The second kappa shape index (κ2) is 5.93. The first-order valence-corrected chi connectivity index (χ1v) is 8.92. The summed E-state index contributed by atoms with van der Waals surface area (Å²) in [7, 11) is 0. The lowest BCUT2D eigenvalue weighted by molar-refractivity contribution is -0.0135. The van der Waals surface area contributed by atoms with Crippen molar-refractivity contribution in [1.82, 2.24) is 5.32 Å². The second-order valence-corrected chi connectivity index (χ2v) is 8.12. The largest absolute Gasteiger partial charge is 0.314 e. The molecule has 0 saturated heterocycles. The fourth-order valence-electron chi connectivity index (χ4n) is 4.74. The van der Waals surface area contributed by atoms with Crippen LogP contribution in [-0.4, -0.2) is 12.6 Å².